The number of guanidine groups is 1. The van der Waals surface area contributed by atoms with Crippen LogP contribution in [-0.2, 0) is 11.3 Å². The summed E-state index contributed by atoms with van der Waals surface area (Å²) in [6.07, 6.45) is 2.06. The molecule has 1 amide bonds. The molecule has 0 heterocycles. The number of halogens is 1. The van der Waals surface area contributed by atoms with Gasteiger partial charge in [0.25, 0.3) is 0 Å². The fourth-order valence-corrected chi connectivity index (χ4v) is 2.29. The maximum Gasteiger partial charge on any atom is 0.223 e. The normalized spacial score (nSPS) is 13.6. The lowest BCUT2D eigenvalue weighted by Crippen LogP contribution is -2.41. The largest absolute Gasteiger partial charge is 0.494 e. The van der Waals surface area contributed by atoms with Gasteiger partial charge in [0.1, 0.15) is 5.75 Å². The number of ether oxygens (including phenoxy) is 1. The van der Waals surface area contributed by atoms with Crippen LogP contribution < -0.4 is 20.7 Å². The smallest absolute Gasteiger partial charge is 0.223 e. The SMILES string of the molecule is CCNC(=NCc1ccccc1OCC)NCCNC(=O)C1CC1.I. The Balaban J connectivity index is 0.00000312. The third kappa shape index (κ3) is 7.94. The van der Waals surface area contributed by atoms with E-state index in [1.54, 1.807) is 0 Å². The molecule has 7 heteroatoms. The maximum atomic E-state index is 11.6. The van der Waals surface area contributed by atoms with Crippen molar-refractivity contribution in [3.05, 3.63) is 29.8 Å². The molecule has 0 aromatic heterocycles. The summed E-state index contributed by atoms with van der Waals surface area (Å²) in [5.41, 5.74) is 1.05. The van der Waals surface area contributed by atoms with Crippen molar-refractivity contribution in [2.45, 2.75) is 33.2 Å². The minimum absolute atomic E-state index is 0. The average molecular weight is 460 g/mol. The van der Waals surface area contributed by atoms with Crippen molar-refractivity contribution in [1.82, 2.24) is 16.0 Å². The van der Waals surface area contributed by atoms with E-state index in [4.69, 9.17) is 4.74 Å². The summed E-state index contributed by atoms with van der Waals surface area (Å²) >= 11 is 0. The molecule has 0 spiro atoms. The van der Waals surface area contributed by atoms with Crippen LogP contribution in [0.3, 0.4) is 0 Å². The van der Waals surface area contributed by atoms with E-state index < -0.39 is 0 Å². The third-order valence-corrected chi connectivity index (χ3v) is 3.69. The number of amides is 1. The molecule has 1 fully saturated rings. The molecular weight excluding hydrogens is 431 g/mol. The summed E-state index contributed by atoms with van der Waals surface area (Å²) < 4.78 is 5.62. The lowest BCUT2D eigenvalue weighted by molar-refractivity contribution is -0.122. The summed E-state index contributed by atoms with van der Waals surface area (Å²) in [4.78, 5) is 16.2. The fourth-order valence-electron chi connectivity index (χ4n) is 2.29. The van der Waals surface area contributed by atoms with E-state index in [-0.39, 0.29) is 35.8 Å². The molecule has 1 saturated carbocycles. The zero-order valence-electron chi connectivity index (χ0n) is 15.0. The molecule has 140 valence electrons. The van der Waals surface area contributed by atoms with Crippen LogP contribution in [0.2, 0.25) is 0 Å². The first kappa shape index (κ1) is 21.5. The van der Waals surface area contributed by atoms with Gasteiger partial charge in [0, 0.05) is 31.1 Å². The quantitative estimate of drug-likeness (QED) is 0.229. The second-order valence-corrected chi connectivity index (χ2v) is 5.73. The maximum absolute atomic E-state index is 11.6. The Morgan fingerprint density at radius 1 is 1.16 bits per heavy atom. The van der Waals surface area contributed by atoms with Crippen LogP contribution in [0.4, 0.5) is 0 Å². The Morgan fingerprint density at radius 3 is 2.56 bits per heavy atom. The van der Waals surface area contributed by atoms with Gasteiger partial charge in [0.2, 0.25) is 5.91 Å². The molecule has 0 saturated heterocycles. The van der Waals surface area contributed by atoms with Crippen molar-refractivity contribution in [1.29, 1.82) is 0 Å². The Morgan fingerprint density at radius 2 is 1.88 bits per heavy atom. The van der Waals surface area contributed by atoms with Crippen LogP contribution in [0.25, 0.3) is 0 Å². The zero-order valence-corrected chi connectivity index (χ0v) is 17.3. The van der Waals surface area contributed by atoms with Crippen LogP contribution in [0, 0.1) is 5.92 Å². The second kappa shape index (κ2) is 11.9. The van der Waals surface area contributed by atoms with Crippen LogP contribution in [0.1, 0.15) is 32.3 Å². The highest BCUT2D eigenvalue weighted by Gasteiger charge is 2.28. The van der Waals surface area contributed by atoms with Gasteiger partial charge < -0.3 is 20.7 Å². The Bertz CT molecular complexity index is 562. The van der Waals surface area contributed by atoms with E-state index in [0.29, 0.717) is 26.2 Å². The molecule has 0 bridgehead atoms. The number of benzene rings is 1. The number of carbonyl (C=O) groups excluding carboxylic acids is 1. The van der Waals surface area contributed by atoms with Crippen LogP contribution in [0.5, 0.6) is 5.75 Å². The summed E-state index contributed by atoms with van der Waals surface area (Å²) in [5.74, 6) is 2.03. The fraction of sp³-hybridized carbons (Fsp3) is 0.556. The highest BCUT2D eigenvalue weighted by molar-refractivity contribution is 14.0. The van der Waals surface area contributed by atoms with Gasteiger partial charge in [-0.25, -0.2) is 4.99 Å². The molecule has 1 aliphatic carbocycles. The van der Waals surface area contributed by atoms with Crippen LogP contribution >= 0.6 is 24.0 Å². The molecule has 1 aromatic carbocycles. The van der Waals surface area contributed by atoms with Crippen molar-refractivity contribution in [2.24, 2.45) is 10.9 Å². The first-order valence-electron chi connectivity index (χ1n) is 8.75. The minimum atomic E-state index is 0. The van der Waals surface area contributed by atoms with E-state index in [1.165, 1.54) is 0 Å². The minimum Gasteiger partial charge on any atom is -0.494 e. The molecule has 0 unspecified atom stereocenters. The van der Waals surface area contributed by atoms with Crippen molar-refractivity contribution in [3.8, 4) is 5.75 Å². The van der Waals surface area contributed by atoms with Crippen LogP contribution in [-0.4, -0.2) is 38.1 Å². The Hall–Kier alpha value is -1.51. The van der Waals surface area contributed by atoms with E-state index in [9.17, 15) is 4.79 Å². The first-order chi connectivity index (χ1) is 11.7. The Labute approximate surface area is 167 Å². The standard InChI is InChI=1S/C18H28N4O2.HI/c1-3-19-18(21-12-11-20-17(23)14-9-10-14)22-13-15-7-5-6-8-16(15)24-4-2;/h5-8,14H,3-4,9-13H2,1-2H3,(H,20,23)(H2,19,21,22);1H. The molecule has 25 heavy (non-hydrogen) atoms. The molecular formula is C18H29IN4O2. The monoisotopic (exact) mass is 460 g/mol. The van der Waals surface area contributed by atoms with Gasteiger partial charge in [-0.2, -0.15) is 0 Å². The van der Waals surface area contributed by atoms with Crippen molar-refractivity contribution in [2.75, 3.05) is 26.2 Å². The number of carbonyl (C=O) groups is 1. The molecule has 1 aliphatic rings. The summed E-state index contributed by atoms with van der Waals surface area (Å²) in [6.45, 7) is 7.22. The van der Waals surface area contributed by atoms with Crippen molar-refractivity contribution in [3.63, 3.8) is 0 Å². The molecule has 6 nitrogen and oxygen atoms in total. The van der Waals surface area contributed by atoms with Gasteiger partial charge in [-0.3, -0.25) is 4.79 Å². The highest BCUT2D eigenvalue weighted by atomic mass is 127. The summed E-state index contributed by atoms with van der Waals surface area (Å²) in [5, 5.41) is 9.39. The van der Waals surface area contributed by atoms with Gasteiger partial charge in [-0.1, -0.05) is 18.2 Å². The molecule has 0 atom stereocenters. The molecule has 2 rings (SSSR count). The van der Waals surface area contributed by atoms with Crippen LogP contribution in [0.15, 0.2) is 29.3 Å². The van der Waals surface area contributed by atoms with Gasteiger partial charge in [0.15, 0.2) is 5.96 Å². The summed E-state index contributed by atoms with van der Waals surface area (Å²) in [6, 6.07) is 7.93. The number of hydrogen-bond donors (Lipinski definition) is 3. The third-order valence-electron chi connectivity index (χ3n) is 3.69. The van der Waals surface area contributed by atoms with E-state index in [1.807, 2.05) is 38.1 Å². The molecule has 0 aliphatic heterocycles. The molecule has 1 aromatic rings. The second-order valence-electron chi connectivity index (χ2n) is 5.73. The number of nitrogens with one attached hydrogen (secondary N) is 3. The molecule has 3 N–H and O–H groups in total. The number of aliphatic imine (C=N–C) groups is 1. The predicted octanol–water partition coefficient (Wildman–Crippen LogP) is 2.28. The number of para-hydroxylation sites is 1. The average Bonchev–Trinajstić information content (AvgIpc) is 3.42. The predicted molar refractivity (Wildman–Crippen MR) is 112 cm³/mol. The van der Waals surface area contributed by atoms with E-state index >= 15 is 0 Å². The topological polar surface area (TPSA) is 74.8 Å². The lowest BCUT2D eigenvalue weighted by atomic mass is 10.2. The van der Waals surface area contributed by atoms with Gasteiger partial charge in [0.05, 0.1) is 13.2 Å². The summed E-state index contributed by atoms with van der Waals surface area (Å²) in [7, 11) is 0. The zero-order chi connectivity index (χ0) is 17.2. The molecule has 0 radical (unpaired) electrons. The lowest BCUT2D eigenvalue weighted by Gasteiger charge is -2.13. The van der Waals surface area contributed by atoms with E-state index in [0.717, 1.165) is 36.7 Å². The number of nitrogens with zero attached hydrogens (tertiary/aromatic N) is 1. The van der Waals surface area contributed by atoms with Crippen molar-refractivity contribution >= 4 is 35.8 Å². The highest BCUT2D eigenvalue weighted by Crippen LogP contribution is 2.28. The van der Waals surface area contributed by atoms with Crippen molar-refractivity contribution < 1.29 is 9.53 Å². The van der Waals surface area contributed by atoms with E-state index in [2.05, 4.69) is 20.9 Å². The van der Waals surface area contributed by atoms with Gasteiger partial charge >= 0.3 is 0 Å². The number of hydrogen-bond acceptors (Lipinski definition) is 3. The van der Waals surface area contributed by atoms with Gasteiger partial charge in [-0.05, 0) is 32.8 Å². The Kier molecular flexibility index (Phi) is 10.3. The first-order valence-corrected chi connectivity index (χ1v) is 8.75. The van der Waals surface area contributed by atoms with Gasteiger partial charge in [-0.15, -0.1) is 24.0 Å². The number of rotatable bonds is 9.